The topological polar surface area (TPSA) is 91.8 Å². The van der Waals surface area contributed by atoms with Crippen molar-refractivity contribution in [2.75, 3.05) is 0 Å². The molecule has 6 heteroatoms. The zero-order valence-corrected chi connectivity index (χ0v) is 11.0. The molecule has 0 aliphatic heterocycles. The summed E-state index contributed by atoms with van der Waals surface area (Å²) >= 11 is 0. The summed E-state index contributed by atoms with van der Waals surface area (Å²) in [6.45, 7) is 5.34. The molecule has 0 aromatic heterocycles. The normalized spacial score (nSPS) is 23.1. The Labute approximate surface area is 106 Å². The standard InChI is InChI=1S/C12H19N3O3/c1-12(2,3)18-11(17)15-9-6-4-5-8(9)10(16)7-14-13/h7-9H,4-6H2,1-3H3,(H,15,17)/t8-,9-/m0/s1. The van der Waals surface area contributed by atoms with E-state index in [1.165, 1.54) is 0 Å². The van der Waals surface area contributed by atoms with Crippen LogP contribution in [0.25, 0.3) is 5.53 Å². The second kappa shape index (κ2) is 5.78. The average molecular weight is 253 g/mol. The lowest BCUT2D eigenvalue weighted by Crippen LogP contribution is -2.43. The maximum Gasteiger partial charge on any atom is 0.407 e. The SMILES string of the molecule is CC(C)(C)OC(=O)N[C@H]1CCC[C@@H]1C(=O)C=[N+]=[N-]. The average Bonchev–Trinajstić information content (AvgIpc) is 2.62. The third-order valence-corrected chi connectivity index (χ3v) is 2.77. The number of alkyl carbamates (subject to hydrolysis) is 1. The molecule has 6 nitrogen and oxygen atoms in total. The summed E-state index contributed by atoms with van der Waals surface area (Å²) in [6, 6.07) is -0.245. The number of rotatable bonds is 3. The molecule has 1 aliphatic rings. The van der Waals surface area contributed by atoms with Crippen molar-refractivity contribution in [2.45, 2.75) is 51.7 Å². The van der Waals surface area contributed by atoms with Gasteiger partial charge in [0.1, 0.15) is 5.60 Å². The number of amides is 1. The molecule has 0 heterocycles. The fourth-order valence-electron chi connectivity index (χ4n) is 2.08. The molecule has 0 spiro atoms. The number of Topliss-reactive ketones (excluding diaryl/α,β-unsaturated/α-hetero) is 1. The molecule has 2 atom stereocenters. The number of ether oxygens (including phenoxy) is 1. The summed E-state index contributed by atoms with van der Waals surface area (Å²) in [4.78, 5) is 26.0. The summed E-state index contributed by atoms with van der Waals surface area (Å²) in [6.07, 6.45) is 2.64. The molecule has 0 aromatic rings. The highest BCUT2D eigenvalue weighted by atomic mass is 16.6. The van der Waals surface area contributed by atoms with Crippen molar-refractivity contribution in [1.82, 2.24) is 5.32 Å². The Balaban J connectivity index is 2.58. The first-order chi connectivity index (χ1) is 8.33. The largest absolute Gasteiger partial charge is 0.444 e. The fourth-order valence-corrected chi connectivity index (χ4v) is 2.08. The first kappa shape index (κ1) is 14.4. The number of carbonyl (C=O) groups is 2. The predicted molar refractivity (Wildman–Crippen MR) is 65.2 cm³/mol. The van der Waals surface area contributed by atoms with Gasteiger partial charge in [-0.2, -0.15) is 4.79 Å². The number of ketones is 1. The van der Waals surface area contributed by atoms with E-state index in [0.29, 0.717) is 6.42 Å². The number of nitrogens with one attached hydrogen (secondary N) is 1. The van der Waals surface area contributed by atoms with E-state index in [2.05, 4.69) is 10.1 Å². The summed E-state index contributed by atoms with van der Waals surface area (Å²) in [5, 5.41) is 2.70. The summed E-state index contributed by atoms with van der Waals surface area (Å²) < 4.78 is 5.14. The van der Waals surface area contributed by atoms with Crippen molar-refractivity contribution in [3.8, 4) is 0 Å². The molecule has 0 bridgehead atoms. The number of carbonyl (C=O) groups excluding carboxylic acids is 2. The van der Waals surface area contributed by atoms with Gasteiger partial charge in [-0.25, -0.2) is 4.79 Å². The van der Waals surface area contributed by atoms with E-state index in [9.17, 15) is 9.59 Å². The van der Waals surface area contributed by atoms with Crippen molar-refractivity contribution in [3.63, 3.8) is 0 Å². The van der Waals surface area contributed by atoms with Crippen LogP contribution >= 0.6 is 0 Å². The molecule has 1 rings (SSSR count). The molecular weight excluding hydrogens is 234 g/mol. The van der Waals surface area contributed by atoms with Crippen LogP contribution in [0.2, 0.25) is 0 Å². The minimum Gasteiger partial charge on any atom is -0.444 e. The molecule has 0 unspecified atom stereocenters. The monoisotopic (exact) mass is 253 g/mol. The molecule has 18 heavy (non-hydrogen) atoms. The van der Waals surface area contributed by atoms with Gasteiger partial charge in [0.15, 0.2) is 0 Å². The van der Waals surface area contributed by atoms with E-state index >= 15 is 0 Å². The first-order valence-electron chi connectivity index (χ1n) is 6.04. The predicted octanol–water partition coefficient (Wildman–Crippen LogP) is 1.55. The van der Waals surface area contributed by atoms with Crippen LogP contribution in [0.5, 0.6) is 0 Å². The van der Waals surface area contributed by atoms with E-state index in [1.54, 1.807) is 20.8 Å². The molecule has 1 fully saturated rings. The molecule has 1 N–H and O–H groups in total. The molecule has 100 valence electrons. The quantitative estimate of drug-likeness (QED) is 0.470. The second-order valence-electron chi connectivity index (χ2n) is 5.44. The molecular formula is C12H19N3O3. The van der Waals surface area contributed by atoms with Crippen LogP contribution < -0.4 is 5.32 Å². The molecule has 1 saturated carbocycles. The number of hydrogen-bond donors (Lipinski definition) is 1. The molecule has 1 aliphatic carbocycles. The van der Waals surface area contributed by atoms with Crippen LogP contribution in [0.1, 0.15) is 40.0 Å². The first-order valence-corrected chi connectivity index (χ1v) is 6.04. The molecule has 0 aromatic carbocycles. The highest BCUT2D eigenvalue weighted by molar-refractivity contribution is 6.26. The Morgan fingerprint density at radius 1 is 1.39 bits per heavy atom. The van der Waals surface area contributed by atoms with Crippen LogP contribution in [0.3, 0.4) is 0 Å². The summed E-state index contributed by atoms with van der Waals surface area (Å²) in [5.74, 6) is -0.593. The van der Waals surface area contributed by atoms with Gasteiger partial charge in [0.05, 0.1) is 0 Å². The van der Waals surface area contributed by atoms with Gasteiger partial charge in [0.2, 0.25) is 5.78 Å². The Morgan fingerprint density at radius 2 is 2.06 bits per heavy atom. The van der Waals surface area contributed by atoms with Crippen LogP contribution in [0.15, 0.2) is 0 Å². The minimum absolute atomic E-state index is 0.245. The summed E-state index contributed by atoms with van der Waals surface area (Å²) in [5.41, 5.74) is 7.79. The van der Waals surface area contributed by atoms with Gasteiger partial charge >= 0.3 is 12.3 Å². The van der Waals surface area contributed by atoms with E-state index < -0.39 is 11.7 Å². The van der Waals surface area contributed by atoms with Crippen molar-refractivity contribution in [2.24, 2.45) is 5.92 Å². The highest BCUT2D eigenvalue weighted by Gasteiger charge is 2.35. The maximum atomic E-state index is 11.6. The van der Waals surface area contributed by atoms with E-state index in [0.717, 1.165) is 19.1 Å². The maximum absolute atomic E-state index is 11.6. The van der Waals surface area contributed by atoms with E-state index in [-0.39, 0.29) is 17.7 Å². The van der Waals surface area contributed by atoms with Crippen molar-refractivity contribution in [3.05, 3.63) is 5.53 Å². The van der Waals surface area contributed by atoms with Crippen molar-refractivity contribution < 1.29 is 19.1 Å². The van der Waals surface area contributed by atoms with Gasteiger partial charge in [-0.05, 0) is 33.6 Å². The van der Waals surface area contributed by atoms with Gasteiger partial charge in [-0.15, -0.1) is 0 Å². The van der Waals surface area contributed by atoms with E-state index in [1.807, 2.05) is 0 Å². The van der Waals surface area contributed by atoms with Crippen LogP contribution in [-0.4, -0.2) is 34.5 Å². The third-order valence-electron chi connectivity index (χ3n) is 2.77. The number of hydrogen-bond acceptors (Lipinski definition) is 3. The van der Waals surface area contributed by atoms with Crippen LogP contribution in [-0.2, 0) is 9.53 Å². The van der Waals surface area contributed by atoms with Gasteiger partial charge in [0.25, 0.3) is 0 Å². The third kappa shape index (κ3) is 4.30. The highest BCUT2D eigenvalue weighted by Crippen LogP contribution is 2.26. The van der Waals surface area contributed by atoms with Gasteiger partial charge < -0.3 is 15.6 Å². The van der Waals surface area contributed by atoms with Crippen LogP contribution in [0, 0.1) is 5.92 Å². The van der Waals surface area contributed by atoms with Crippen molar-refractivity contribution >= 4 is 18.1 Å². The minimum atomic E-state index is -0.561. The lowest BCUT2D eigenvalue weighted by atomic mass is 9.99. The lowest BCUT2D eigenvalue weighted by Gasteiger charge is -2.23. The Bertz CT molecular complexity index is 381. The Morgan fingerprint density at radius 3 is 2.61 bits per heavy atom. The zero-order valence-electron chi connectivity index (χ0n) is 11.0. The Kier molecular flexibility index (Phi) is 4.62. The smallest absolute Gasteiger partial charge is 0.407 e. The van der Waals surface area contributed by atoms with Crippen LogP contribution in [0.4, 0.5) is 4.79 Å². The van der Waals surface area contributed by atoms with Gasteiger partial charge in [0, 0.05) is 12.0 Å². The van der Waals surface area contributed by atoms with Gasteiger partial charge in [-0.1, -0.05) is 6.42 Å². The lowest BCUT2D eigenvalue weighted by molar-refractivity contribution is -0.119. The fraction of sp³-hybridized carbons (Fsp3) is 0.750. The molecule has 1 amide bonds. The molecule has 0 saturated heterocycles. The number of nitrogens with zero attached hydrogens (tertiary/aromatic N) is 2. The molecule has 0 radical (unpaired) electrons. The zero-order chi connectivity index (χ0) is 13.8. The van der Waals surface area contributed by atoms with Gasteiger partial charge in [-0.3, -0.25) is 4.79 Å². The van der Waals surface area contributed by atoms with Crippen molar-refractivity contribution in [1.29, 1.82) is 0 Å². The second-order valence-corrected chi connectivity index (χ2v) is 5.44. The Hall–Kier alpha value is -1.68. The summed E-state index contributed by atoms with van der Waals surface area (Å²) in [7, 11) is 0. The van der Waals surface area contributed by atoms with E-state index in [4.69, 9.17) is 10.3 Å².